The van der Waals surface area contributed by atoms with Crippen LogP contribution < -0.4 is 4.90 Å². The van der Waals surface area contributed by atoms with Gasteiger partial charge in [-0.2, -0.15) is 0 Å². The van der Waals surface area contributed by atoms with E-state index in [4.69, 9.17) is 0 Å². The van der Waals surface area contributed by atoms with E-state index in [9.17, 15) is 4.79 Å². The molecule has 0 unspecified atom stereocenters. The van der Waals surface area contributed by atoms with Crippen molar-refractivity contribution >= 4 is 27.7 Å². The van der Waals surface area contributed by atoms with Gasteiger partial charge in [0, 0.05) is 23.6 Å². The molecule has 0 bridgehead atoms. The molecule has 1 saturated carbocycles. The Morgan fingerprint density at radius 3 is 2.93 bits per heavy atom. The molecule has 3 nitrogen and oxygen atoms in total. The number of amides is 1. The zero-order valence-electron chi connectivity index (χ0n) is 7.90. The first-order chi connectivity index (χ1) is 6.68. The molecule has 0 N–H and O–H groups in total. The Labute approximate surface area is 91.3 Å². The van der Waals surface area contributed by atoms with Crippen LogP contribution in [0.25, 0.3) is 0 Å². The molecule has 1 aromatic heterocycles. The molecule has 0 aromatic carbocycles. The summed E-state index contributed by atoms with van der Waals surface area (Å²) >= 11 is 3.35. The summed E-state index contributed by atoms with van der Waals surface area (Å²) in [6, 6.07) is 3.69. The number of anilines is 1. The van der Waals surface area contributed by atoms with E-state index in [1.54, 1.807) is 18.1 Å². The highest BCUT2D eigenvalue weighted by molar-refractivity contribution is 9.10. The molecule has 1 amide bonds. The number of hydrogen-bond donors (Lipinski definition) is 0. The smallest absolute Gasteiger partial charge is 0.230 e. The predicted molar refractivity (Wildman–Crippen MR) is 58.1 cm³/mol. The predicted octanol–water partition coefficient (Wildman–Crippen LogP) is 2.22. The Kier molecular flexibility index (Phi) is 2.54. The van der Waals surface area contributed by atoms with Gasteiger partial charge < -0.3 is 0 Å². The average molecular weight is 255 g/mol. The largest absolute Gasteiger partial charge is 0.300 e. The minimum absolute atomic E-state index is 0.176. The summed E-state index contributed by atoms with van der Waals surface area (Å²) in [7, 11) is 1.77. The first kappa shape index (κ1) is 9.65. The van der Waals surface area contributed by atoms with Crippen molar-refractivity contribution in [1.82, 2.24) is 4.98 Å². The van der Waals surface area contributed by atoms with Gasteiger partial charge in [0.1, 0.15) is 5.82 Å². The lowest BCUT2D eigenvalue weighted by atomic mass is 10.3. The molecule has 1 aliphatic rings. The van der Waals surface area contributed by atoms with Gasteiger partial charge in [-0.25, -0.2) is 4.98 Å². The van der Waals surface area contributed by atoms with E-state index in [0.717, 1.165) is 17.3 Å². The first-order valence-corrected chi connectivity index (χ1v) is 5.37. The van der Waals surface area contributed by atoms with E-state index in [1.165, 1.54) is 0 Å². The quantitative estimate of drug-likeness (QED) is 0.811. The zero-order valence-corrected chi connectivity index (χ0v) is 9.49. The highest BCUT2D eigenvalue weighted by Gasteiger charge is 2.32. The van der Waals surface area contributed by atoms with Crippen LogP contribution in [0.4, 0.5) is 5.82 Å². The summed E-state index contributed by atoms with van der Waals surface area (Å²) in [6.45, 7) is 0. The van der Waals surface area contributed by atoms with E-state index in [1.807, 2.05) is 12.1 Å². The van der Waals surface area contributed by atoms with Crippen LogP contribution in [-0.4, -0.2) is 17.9 Å². The second kappa shape index (κ2) is 3.69. The summed E-state index contributed by atoms with van der Waals surface area (Å²) in [6.07, 6.45) is 3.74. The van der Waals surface area contributed by atoms with Gasteiger partial charge in [0.15, 0.2) is 0 Å². The van der Waals surface area contributed by atoms with Crippen LogP contribution in [0.2, 0.25) is 0 Å². The minimum atomic E-state index is 0.176. The van der Waals surface area contributed by atoms with Crippen molar-refractivity contribution in [3.63, 3.8) is 0 Å². The molecule has 1 heterocycles. The van der Waals surface area contributed by atoms with E-state index in [2.05, 4.69) is 20.9 Å². The number of rotatable bonds is 2. The van der Waals surface area contributed by atoms with Crippen LogP contribution in [0, 0.1) is 5.92 Å². The Bertz CT molecular complexity index is 363. The maximum absolute atomic E-state index is 11.7. The van der Waals surface area contributed by atoms with Gasteiger partial charge in [-0.15, -0.1) is 0 Å². The van der Waals surface area contributed by atoms with Gasteiger partial charge in [-0.3, -0.25) is 9.69 Å². The SMILES string of the molecule is CN(C(=O)C1CC1)c1cc(Br)ccn1. The second-order valence-corrected chi connectivity index (χ2v) is 4.42. The normalized spacial score (nSPS) is 15.3. The molecule has 1 aliphatic carbocycles. The average Bonchev–Trinajstić information content (AvgIpc) is 2.99. The summed E-state index contributed by atoms with van der Waals surface area (Å²) in [4.78, 5) is 17.5. The summed E-state index contributed by atoms with van der Waals surface area (Å²) < 4.78 is 0.943. The van der Waals surface area contributed by atoms with Crippen molar-refractivity contribution in [1.29, 1.82) is 0 Å². The van der Waals surface area contributed by atoms with Crippen LogP contribution in [0.1, 0.15) is 12.8 Å². The number of hydrogen-bond acceptors (Lipinski definition) is 2. The van der Waals surface area contributed by atoms with Crippen LogP contribution >= 0.6 is 15.9 Å². The van der Waals surface area contributed by atoms with Crippen LogP contribution in [-0.2, 0) is 4.79 Å². The Hall–Kier alpha value is -0.900. The lowest BCUT2D eigenvalue weighted by molar-refractivity contribution is -0.119. The maximum atomic E-state index is 11.7. The molecule has 14 heavy (non-hydrogen) atoms. The number of aromatic nitrogens is 1. The maximum Gasteiger partial charge on any atom is 0.230 e. The first-order valence-electron chi connectivity index (χ1n) is 4.57. The van der Waals surface area contributed by atoms with Crippen molar-refractivity contribution in [3.8, 4) is 0 Å². The molecular formula is C10H11BrN2O. The van der Waals surface area contributed by atoms with Crippen molar-refractivity contribution in [2.75, 3.05) is 11.9 Å². The van der Waals surface area contributed by atoms with Gasteiger partial charge in [-0.1, -0.05) is 15.9 Å². The number of nitrogens with zero attached hydrogens (tertiary/aromatic N) is 2. The van der Waals surface area contributed by atoms with E-state index in [-0.39, 0.29) is 11.8 Å². The van der Waals surface area contributed by atoms with Crippen molar-refractivity contribution < 1.29 is 4.79 Å². The fourth-order valence-corrected chi connectivity index (χ4v) is 1.62. The molecule has 4 heteroatoms. The summed E-state index contributed by atoms with van der Waals surface area (Å²) in [5.41, 5.74) is 0. The van der Waals surface area contributed by atoms with E-state index < -0.39 is 0 Å². The van der Waals surface area contributed by atoms with Crippen molar-refractivity contribution in [2.24, 2.45) is 5.92 Å². The topological polar surface area (TPSA) is 33.2 Å². The summed E-state index contributed by atoms with van der Waals surface area (Å²) in [5.74, 6) is 1.12. The van der Waals surface area contributed by atoms with E-state index in [0.29, 0.717) is 5.82 Å². The van der Waals surface area contributed by atoms with Gasteiger partial charge in [0.05, 0.1) is 0 Å². The molecule has 0 atom stereocenters. The van der Waals surface area contributed by atoms with Gasteiger partial charge in [-0.05, 0) is 25.0 Å². The fraction of sp³-hybridized carbons (Fsp3) is 0.400. The van der Waals surface area contributed by atoms with Gasteiger partial charge >= 0.3 is 0 Å². The zero-order chi connectivity index (χ0) is 10.1. The van der Waals surface area contributed by atoms with E-state index >= 15 is 0 Å². The summed E-state index contributed by atoms with van der Waals surface area (Å²) in [5, 5.41) is 0. The second-order valence-electron chi connectivity index (χ2n) is 3.50. The lowest BCUT2D eigenvalue weighted by Crippen LogP contribution is -2.28. The van der Waals surface area contributed by atoms with Crippen LogP contribution in [0.15, 0.2) is 22.8 Å². The van der Waals surface area contributed by atoms with Crippen LogP contribution in [0.3, 0.4) is 0 Å². The van der Waals surface area contributed by atoms with Crippen LogP contribution in [0.5, 0.6) is 0 Å². The molecule has 0 saturated heterocycles. The Balaban J connectivity index is 2.17. The molecule has 74 valence electrons. The van der Waals surface area contributed by atoms with Gasteiger partial charge in [0.2, 0.25) is 5.91 Å². The third-order valence-corrected chi connectivity index (χ3v) is 2.80. The highest BCUT2D eigenvalue weighted by atomic mass is 79.9. The number of carbonyl (C=O) groups excluding carboxylic acids is 1. The Morgan fingerprint density at radius 2 is 2.36 bits per heavy atom. The number of halogens is 1. The molecule has 1 fully saturated rings. The molecule has 0 spiro atoms. The molecule has 1 aromatic rings. The highest BCUT2D eigenvalue weighted by Crippen LogP contribution is 2.32. The third kappa shape index (κ3) is 1.95. The molecule has 0 radical (unpaired) electrons. The number of carbonyl (C=O) groups is 1. The third-order valence-electron chi connectivity index (χ3n) is 2.31. The standard InChI is InChI=1S/C10H11BrN2O/c1-13(10(14)7-2-3-7)9-6-8(11)4-5-12-9/h4-7H,2-3H2,1H3. The lowest BCUT2D eigenvalue weighted by Gasteiger charge is -2.15. The monoisotopic (exact) mass is 254 g/mol. The van der Waals surface area contributed by atoms with Crippen molar-refractivity contribution in [2.45, 2.75) is 12.8 Å². The molecule has 2 rings (SSSR count). The van der Waals surface area contributed by atoms with Crippen molar-refractivity contribution in [3.05, 3.63) is 22.8 Å². The Morgan fingerprint density at radius 1 is 1.64 bits per heavy atom. The van der Waals surface area contributed by atoms with Gasteiger partial charge in [0.25, 0.3) is 0 Å². The number of pyridine rings is 1. The molecule has 0 aliphatic heterocycles. The fourth-order valence-electron chi connectivity index (χ4n) is 1.29. The minimum Gasteiger partial charge on any atom is -0.300 e. The molecular weight excluding hydrogens is 244 g/mol.